The fourth-order valence-corrected chi connectivity index (χ4v) is 2.28. The van der Waals surface area contributed by atoms with E-state index in [4.69, 9.17) is 0 Å². The normalized spacial score (nSPS) is 18.3. The van der Waals surface area contributed by atoms with Crippen LogP contribution >= 0.6 is 0 Å². The van der Waals surface area contributed by atoms with E-state index in [1.54, 1.807) is 0 Å². The molecule has 1 aliphatic rings. The first-order valence-corrected chi connectivity index (χ1v) is 6.33. The highest BCUT2D eigenvalue weighted by Crippen LogP contribution is 2.06. The summed E-state index contributed by atoms with van der Waals surface area (Å²) >= 11 is 0. The van der Waals surface area contributed by atoms with Gasteiger partial charge >= 0.3 is 0 Å². The molecule has 1 aromatic carbocycles. The van der Waals surface area contributed by atoms with Crippen molar-refractivity contribution in [1.82, 2.24) is 10.2 Å². The molecule has 0 saturated carbocycles. The molecule has 0 aliphatic carbocycles. The van der Waals surface area contributed by atoms with E-state index in [-0.39, 0.29) is 0 Å². The maximum absolute atomic E-state index is 3.44. The van der Waals surface area contributed by atoms with Crippen molar-refractivity contribution in [3.63, 3.8) is 0 Å². The highest BCUT2D eigenvalue weighted by atomic mass is 15.1. The van der Waals surface area contributed by atoms with E-state index < -0.39 is 0 Å². The van der Waals surface area contributed by atoms with Gasteiger partial charge < -0.3 is 10.2 Å². The molecule has 0 unspecified atom stereocenters. The second-order valence-electron chi connectivity index (χ2n) is 4.68. The Hall–Kier alpha value is -0.860. The van der Waals surface area contributed by atoms with Gasteiger partial charge in [0.2, 0.25) is 0 Å². The number of benzene rings is 1. The summed E-state index contributed by atoms with van der Waals surface area (Å²) in [5.74, 6) is 0. The molecule has 1 heterocycles. The average molecular weight is 218 g/mol. The number of aryl methyl sites for hydroxylation is 1. The lowest BCUT2D eigenvalue weighted by Crippen LogP contribution is -2.30. The van der Waals surface area contributed by atoms with Gasteiger partial charge in [0.1, 0.15) is 0 Å². The molecule has 0 radical (unpaired) electrons. The van der Waals surface area contributed by atoms with Crippen molar-refractivity contribution in [2.45, 2.75) is 19.8 Å². The quantitative estimate of drug-likeness (QED) is 0.832. The molecular formula is C14H22N2. The van der Waals surface area contributed by atoms with E-state index in [1.807, 2.05) is 0 Å². The Kier molecular flexibility index (Phi) is 4.37. The Morgan fingerprint density at radius 1 is 1.25 bits per heavy atom. The lowest BCUT2D eigenvalue weighted by Gasteiger charge is -2.19. The third-order valence-corrected chi connectivity index (χ3v) is 3.23. The van der Waals surface area contributed by atoms with E-state index in [0.29, 0.717) is 0 Å². The second-order valence-corrected chi connectivity index (χ2v) is 4.68. The molecular weight excluding hydrogens is 196 g/mol. The number of nitrogens with zero attached hydrogens (tertiary/aromatic N) is 1. The maximum atomic E-state index is 3.44. The van der Waals surface area contributed by atoms with Gasteiger partial charge in [-0.15, -0.1) is 0 Å². The Morgan fingerprint density at radius 2 is 2.19 bits per heavy atom. The van der Waals surface area contributed by atoms with Crippen LogP contribution in [0.4, 0.5) is 0 Å². The van der Waals surface area contributed by atoms with Gasteiger partial charge in [0.25, 0.3) is 0 Å². The molecule has 1 saturated heterocycles. The largest absolute Gasteiger partial charge is 0.315 e. The van der Waals surface area contributed by atoms with E-state index in [9.17, 15) is 0 Å². The zero-order chi connectivity index (χ0) is 11.2. The molecule has 0 aromatic heterocycles. The van der Waals surface area contributed by atoms with Gasteiger partial charge in [-0.2, -0.15) is 0 Å². The average Bonchev–Trinajstić information content (AvgIpc) is 2.55. The van der Waals surface area contributed by atoms with Crippen LogP contribution in [-0.2, 0) is 6.42 Å². The van der Waals surface area contributed by atoms with Crippen LogP contribution < -0.4 is 5.32 Å². The first kappa shape index (κ1) is 11.6. The van der Waals surface area contributed by atoms with Gasteiger partial charge in [-0.25, -0.2) is 0 Å². The Balaban J connectivity index is 1.81. The fraction of sp³-hybridized carbons (Fsp3) is 0.571. The standard InChI is InChI=1S/C14H22N2/c1-13-4-2-5-14(12-13)6-10-16-9-3-7-15-8-11-16/h2,4-5,12,15H,3,6-11H2,1H3. The summed E-state index contributed by atoms with van der Waals surface area (Å²) in [6.07, 6.45) is 2.47. The molecule has 0 spiro atoms. The molecule has 0 atom stereocenters. The number of nitrogens with one attached hydrogen (secondary N) is 1. The smallest absolute Gasteiger partial charge is 0.0107 e. The van der Waals surface area contributed by atoms with Crippen LogP contribution in [0, 0.1) is 6.92 Å². The Morgan fingerprint density at radius 3 is 3.06 bits per heavy atom. The van der Waals surface area contributed by atoms with Gasteiger partial charge in [-0.05, 0) is 38.4 Å². The van der Waals surface area contributed by atoms with Crippen molar-refractivity contribution in [1.29, 1.82) is 0 Å². The summed E-state index contributed by atoms with van der Waals surface area (Å²) in [4.78, 5) is 2.57. The summed E-state index contributed by atoms with van der Waals surface area (Å²) in [5.41, 5.74) is 2.84. The summed E-state index contributed by atoms with van der Waals surface area (Å²) in [5, 5.41) is 3.44. The number of hydrogen-bond donors (Lipinski definition) is 1. The van der Waals surface area contributed by atoms with Gasteiger partial charge in [0.05, 0.1) is 0 Å². The third-order valence-electron chi connectivity index (χ3n) is 3.23. The molecule has 0 amide bonds. The van der Waals surface area contributed by atoms with Gasteiger partial charge in [0.15, 0.2) is 0 Å². The maximum Gasteiger partial charge on any atom is 0.0107 e. The monoisotopic (exact) mass is 218 g/mol. The summed E-state index contributed by atoms with van der Waals surface area (Å²) < 4.78 is 0. The molecule has 1 fully saturated rings. The van der Waals surface area contributed by atoms with E-state index in [2.05, 4.69) is 41.4 Å². The molecule has 2 heteroatoms. The number of rotatable bonds is 3. The van der Waals surface area contributed by atoms with Crippen molar-refractivity contribution < 1.29 is 0 Å². The molecule has 88 valence electrons. The van der Waals surface area contributed by atoms with Crippen LogP contribution in [0.2, 0.25) is 0 Å². The second kappa shape index (κ2) is 6.02. The number of hydrogen-bond acceptors (Lipinski definition) is 2. The molecule has 2 rings (SSSR count). The van der Waals surface area contributed by atoms with E-state index in [0.717, 1.165) is 6.54 Å². The van der Waals surface area contributed by atoms with Gasteiger partial charge in [-0.3, -0.25) is 0 Å². The van der Waals surface area contributed by atoms with Crippen molar-refractivity contribution in [2.24, 2.45) is 0 Å². The van der Waals surface area contributed by atoms with Crippen molar-refractivity contribution in [2.75, 3.05) is 32.7 Å². The first-order chi connectivity index (χ1) is 7.84. The summed E-state index contributed by atoms with van der Waals surface area (Å²) in [6, 6.07) is 8.87. The van der Waals surface area contributed by atoms with Crippen LogP contribution in [0.15, 0.2) is 24.3 Å². The highest BCUT2D eigenvalue weighted by Gasteiger charge is 2.07. The minimum absolute atomic E-state index is 1.15. The zero-order valence-corrected chi connectivity index (χ0v) is 10.2. The Bertz CT molecular complexity index is 314. The molecule has 1 N–H and O–H groups in total. The molecule has 2 nitrogen and oxygen atoms in total. The lowest BCUT2D eigenvalue weighted by molar-refractivity contribution is 0.296. The predicted octanol–water partition coefficient (Wildman–Crippen LogP) is 1.83. The van der Waals surface area contributed by atoms with Crippen molar-refractivity contribution >= 4 is 0 Å². The minimum Gasteiger partial charge on any atom is -0.315 e. The predicted molar refractivity (Wildman–Crippen MR) is 68.8 cm³/mol. The van der Waals surface area contributed by atoms with Crippen LogP contribution in [0.25, 0.3) is 0 Å². The fourth-order valence-electron chi connectivity index (χ4n) is 2.28. The first-order valence-electron chi connectivity index (χ1n) is 6.33. The SMILES string of the molecule is Cc1cccc(CCN2CCCNCC2)c1. The summed E-state index contributed by atoms with van der Waals surface area (Å²) in [7, 11) is 0. The minimum atomic E-state index is 1.15. The van der Waals surface area contributed by atoms with E-state index >= 15 is 0 Å². The topological polar surface area (TPSA) is 15.3 Å². The summed E-state index contributed by atoms with van der Waals surface area (Å²) in [6.45, 7) is 8.14. The zero-order valence-electron chi connectivity index (χ0n) is 10.2. The highest BCUT2D eigenvalue weighted by molar-refractivity contribution is 5.22. The van der Waals surface area contributed by atoms with Gasteiger partial charge in [0, 0.05) is 19.6 Å². The Labute approximate surface area is 98.7 Å². The van der Waals surface area contributed by atoms with Crippen LogP contribution in [0.5, 0.6) is 0 Å². The van der Waals surface area contributed by atoms with E-state index in [1.165, 1.54) is 50.1 Å². The van der Waals surface area contributed by atoms with Crippen LogP contribution in [-0.4, -0.2) is 37.6 Å². The van der Waals surface area contributed by atoms with Crippen LogP contribution in [0.3, 0.4) is 0 Å². The van der Waals surface area contributed by atoms with Crippen LogP contribution in [0.1, 0.15) is 17.5 Å². The lowest BCUT2D eigenvalue weighted by atomic mass is 10.1. The third kappa shape index (κ3) is 3.62. The van der Waals surface area contributed by atoms with Crippen molar-refractivity contribution in [3.8, 4) is 0 Å². The molecule has 1 aliphatic heterocycles. The molecule has 0 bridgehead atoms. The molecule has 1 aromatic rings. The van der Waals surface area contributed by atoms with Gasteiger partial charge in [-0.1, -0.05) is 29.8 Å². The van der Waals surface area contributed by atoms with Crippen molar-refractivity contribution in [3.05, 3.63) is 35.4 Å². The molecule has 16 heavy (non-hydrogen) atoms.